The van der Waals surface area contributed by atoms with Crippen LogP contribution in [-0.4, -0.2) is 350 Å². The Hall–Kier alpha value is -11.2. The number of likely N-dealkylation sites (tertiary alicyclic amines) is 1. The fourth-order valence-corrected chi connectivity index (χ4v) is 14.3. The van der Waals surface area contributed by atoms with Crippen molar-refractivity contribution in [2.75, 3.05) is 76.0 Å². The van der Waals surface area contributed by atoms with Gasteiger partial charge in [0.05, 0.1) is 38.4 Å². The number of nitrogens with one attached hydrogen (secondary N) is 17. The van der Waals surface area contributed by atoms with Crippen molar-refractivity contribution in [3.63, 3.8) is 0 Å². The summed E-state index contributed by atoms with van der Waals surface area (Å²) < 4.78 is 0. The number of primary amides is 1. The van der Waals surface area contributed by atoms with Crippen LogP contribution < -0.4 is 119 Å². The molecular formula is C81H135N23O28S3. The molecule has 51 nitrogen and oxygen atoms in total. The van der Waals surface area contributed by atoms with E-state index in [1.165, 1.54) is 6.92 Å². The van der Waals surface area contributed by atoms with E-state index in [0.29, 0.717) is 50.6 Å². The number of hydrogen-bond acceptors (Lipinski definition) is 33. The lowest BCUT2D eigenvalue weighted by molar-refractivity contribution is -0.144. The number of carboxylic acid groups (broad SMARTS) is 3. The minimum absolute atomic E-state index is 0.00928. The molecule has 0 aliphatic carbocycles. The van der Waals surface area contributed by atoms with E-state index in [2.05, 4.69) is 116 Å². The molecule has 0 bridgehead atoms. The maximum absolute atomic E-state index is 14.8. The summed E-state index contributed by atoms with van der Waals surface area (Å²) >= 11 is 9.46. The van der Waals surface area contributed by atoms with Crippen LogP contribution in [-0.2, 0) is 107 Å². The van der Waals surface area contributed by atoms with Crippen LogP contribution in [0.25, 0.3) is 0 Å². The SMILES string of the molecule is CSCC[C@H](NC(=O)[C@H](CCC(=O)O)NC(=O)[C@H](CC(=O)O)NC(=O)[C@H](CCC(N)=O)NC(=O)[C@@H](NC(=O)[C@H](CO)NC(=O)[C@H](CCCCN)NC(=O)[C@H](CS)NC(=O)[C@H](CCCCN)NNC(C)=O)[C@@H](C)O)C(=O)N[C@@H](Cc1ccccc1)C(=O)N[C@H](C(=O)N1CCC[C@H]1C(=O)N[C@@H](CCCCN)C(=O)NCC(=O)N[C@@H](CS)C(=O)N[C@@H](CO)C(=O)N[C@@H](CCCCN)C(=O)O)[C@@H](C)O. The molecule has 135 heavy (non-hydrogen) atoms. The van der Waals surface area contributed by atoms with Gasteiger partial charge in [-0.1, -0.05) is 36.8 Å². The largest absolute Gasteiger partial charge is 0.481 e. The maximum atomic E-state index is 14.8. The van der Waals surface area contributed by atoms with Gasteiger partial charge in [-0.2, -0.15) is 37.0 Å². The molecule has 0 radical (unpaired) electrons. The number of aliphatic hydroxyl groups is 4. The van der Waals surface area contributed by atoms with Crippen molar-refractivity contribution in [1.82, 2.24) is 95.5 Å². The van der Waals surface area contributed by atoms with E-state index in [9.17, 15) is 136 Å². The molecule has 18 amide bonds. The monoisotopic (exact) mass is 1970 g/mol. The highest BCUT2D eigenvalue weighted by Gasteiger charge is 2.44. The number of aliphatic hydroxyl groups excluding tert-OH is 4. The molecule has 34 N–H and O–H groups in total. The van der Waals surface area contributed by atoms with Crippen molar-refractivity contribution in [2.45, 2.75) is 264 Å². The Morgan fingerprint density at radius 3 is 1.28 bits per heavy atom. The number of amides is 18. The van der Waals surface area contributed by atoms with Crippen molar-refractivity contribution in [3.05, 3.63) is 35.9 Å². The second kappa shape index (κ2) is 65.5. The van der Waals surface area contributed by atoms with Gasteiger partial charge >= 0.3 is 17.9 Å². The Morgan fingerprint density at radius 2 is 0.822 bits per heavy atom. The smallest absolute Gasteiger partial charge is 0.326 e. The van der Waals surface area contributed by atoms with Crippen molar-refractivity contribution in [3.8, 4) is 0 Å². The number of nitrogens with zero attached hydrogens (tertiary/aromatic N) is 1. The van der Waals surface area contributed by atoms with Crippen LogP contribution >= 0.6 is 37.0 Å². The van der Waals surface area contributed by atoms with Gasteiger partial charge in [0.2, 0.25) is 106 Å². The number of carboxylic acids is 3. The molecule has 760 valence electrons. The second-order valence-corrected chi connectivity index (χ2v) is 33.5. The first-order chi connectivity index (χ1) is 64.0. The first-order valence-corrected chi connectivity index (χ1v) is 46.6. The fraction of sp³-hybridized carbons (Fsp3) is 0.667. The average molecular weight is 1980 g/mol. The van der Waals surface area contributed by atoms with E-state index in [-0.39, 0.29) is 108 Å². The average Bonchev–Trinajstić information content (AvgIpc) is 1.58. The number of carbonyl (C=O) groups is 21. The highest BCUT2D eigenvalue weighted by atomic mass is 32.2. The van der Waals surface area contributed by atoms with Gasteiger partial charge in [-0.05, 0) is 160 Å². The molecule has 0 aromatic heterocycles. The van der Waals surface area contributed by atoms with E-state index in [0.717, 1.165) is 30.5 Å². The summed E-state index contributed by atoms with van der Waals surface area (Å²) in [6.07, 6.45) is -4.18. The summed E-state index contributed by atoms with van der Waals surface area (Å²) in [6.45, 7) is 1.04. The zero-order valence-corrected chi connectivity index (χ0v) is 78.4. The van der Waals surface area contributed by atoms with Crippen LogP contribution in [0.3, 0.4) is 0 Å². The van der Waals surface area contributed by atoms with Crippen molar-refractivity contribution < 1.29 is 136 Å². The van der Waals surface area contributed by atoms with E-state index < -0.39 is 285 Å². The number of nitrogens with two attached hydrogens (primary N) is 5. The normalized spacial score (nSPS) is 16.0. The molecule has 1 aromatic rings. The zero-order chi connectivity index (χ0) is 102. The molecule has 0 spiro atoms. The molecule has 1 fully saturated rings. The third-order valence-electron chi connectivity index (χ3n) is 20.8. The van der Waals surface area contributed by atoms with Crippen molar-refractivity contribution >= 4 is 161 Å². The Labute approximate surface area is 794 Å². The summed E-state index contributed by atoms with van der Waals surface area (Å²) in [5.74, 6) is -24.9. The van der Waals surface area contributed by atoms with E-state index in [1.807, 2.05) is 0 Å². The Balaban J connectivity index is 2.48. The number of hydrogen-bond donors (Lipinski definition) is 31. The van der Waals surface area contributed by atoms with E-state index >= 15 is 0 Å². The third kappa shape index (κ3) is 45.3. The summed E-state index contributed by atoms with van der Waals surface area (Å²) in [4.78, 5) is 286. The summed E-state index contributed by atoms with van der Waals surface area (Å²) in [6, 6.07) is -19.0. The number of thiol groups is 2. The van der Waals surface area contributed by atoms with Gasteiger partial charge in [0.15, 0.2) is 0 Å². The number of carbonyl (C=O) groups excluding carboxylic acids is 18. The minimum Gasteiger partial charge on any atom is -0.481 e. The highest BCUT2D eigenvalue weighted by molar-refractivity contribution is 7.98. The second-order valence-electron chi connectivity index (χ2n) is 31.7. The van der Waals surface area contributed by atoms with Crippen LogP contribution in [0.5, 0.6) is 0 Å². The van der Waals surface area contributed by atoms with Gasteiger partial charge in [0.1, 0.15) is 96.7 Å². The molecule has 54 heteroatoms. The first kappa shape index (κ1) is 120. The van der Waals surface area contributed by atoms with Gasteiger partial charge < -0.3 is 149 Å². The lowest BCUT2D eigenvalue weighted by Crippen LogP contribution is -2.63. The molecular weight excluding hydrogens is 1840 g/mol. The molecule has 2 rings (SSSR count). The number of thioether (sulfide) groups is 1. The molecule has 1 heterocycles. The molecule has 1 aromatic carbocycles. The summed E-state index contributed by atoms with van der Waals surface area (Å²) in [5, 5.41) is 107. The highest BCUT2D eigenvalue weighted by Crippen LogP contribution is 2.22. The Bertz CT molecular complexity index is 4100. The van der Waals surface area contributed by atoms with Gasteiger partial charge in [-0.25, -0.2) is 10.2 Å². The van der Waals surface area contributed by atoms with Crippen molar-refractivity contribution in [1.29, 1.82) is 0 Å². The van der Waals surface area contributed by atoms with Crippen LogP contribution in [0.4, 0.5) is 0 Å². The predicted molar refractivity (Wildman–Crippen MR) is 491 cm³/mol. The number of aliphatic carboxylic acids is 3. The number of hydrazine groups is 1. The van der Waals surface area contributed by atoms with Gasteiger partial charge in [-0.15, -0.1) is 0 Å². The van der Waals surface area contributed by atoms with Crippen LogP contribution in [0, 0.1) is 0 Å². The van der Waals surface area contributed by atoms with Gasteiger partial charge in [0.25, 0.3) is 0 Å². The van der Waals surface area contributed by atoms with Crippen LogP contribution in [0.2, 0.25) is 0 Å². The summed E-state index contributed by atoms with van der Waals surface area (Å²) in [7, 11) is 0. The topological polar surface area (TPSA) is 838 Å². The fourth-order valence-electron chi connectivity index (χ4n) is 13.3. The molecule has 1 saturated heterocycles. The van der Waals surface area contributed by atoms with Crippen molar-refractivity contribution in [2.24, 2.45) is 28.7 Å². The zero-order valence-electron chi connectivity index (χ0n) is 75.7. The summed E-state index contributed by atoms with van der Waals surface area (Å²) in [5.41, 5.74) is 33.2. The van der Waals surface area contributed by atoms with Crippen LogP contribution in [0.1, 0.15) is 155 Å². The van der Waals surface area contributed by atoms with Gasteiger partial charge in [0, 0.05) is 44.2 Å². The van der Waals surface area contributed by atoms with Crippen LogP contribution in [0.15, 0.2) is 30.3 Å². The third-order valence-corrected chi connectivity index (χ3v) is 22.2. The number of benzene rings is 1. The molecule has 0 unspecified atom stereocenters. The minimum atomic E-state index is -2.26. The maximum Gasteiger partial charge on any atom is 0.326 e. The number of rotatable bonds is 69. The lowest BCUT2D eigenvalue weighted by atomic mass is 10.0. The molecule has 18 atom stereocenters. The standard InChI is InChI=1S/C81H135N23O28S3/c1-42(107)64(100-75(125)56(39-106)97-67(117)47(20-9-13-30-83)89-77(127)58(41-134)99-71(121)51(21-10-14-31-84)103-102-44(3)109)79(129)93-48(24-26-60(86)110)69(119)96-54(36-63(114)115)72(122)90-49(25-27-62(112)113)68(118)91-50(28-34-135-4)70(120)95-53(35-45-17-6-5-7-18-45)73(123)101-65(43(2)108)80(130)104-33-16-23-59(104)78(128)92-46(19-8-12-29-82)66(116)87-37-61(111)88-57(40-133)76(126)98-55(38-105)74(124)94-52(81(131)132)22-11-15-32-85/h5-7,17-18,42-43,46-59,64-65,103,105-108,133-134H,8-16,19-41,82-85H2,1-4H3,(H2,86,110)(H,87,116)(H,88,111)(H,89,127)(H,90,122)(H,91,118)(H,92,128)(H,93,129)(H,94,124)(H,95,120)(H,96,119)(H,97,117)(H,98,126)(H,99,121)(H,100,125)(H,101,123)(H,102,109)(H,112,113)(H,114,115)(H,131,132)/t42-,43-,46+,47+,48+,49+,50+,51+,52+,53+,54+,55+,56+,57+,58+,59+,64+,65+/m1/s1. The number of unbranched alkanes of at least 4 members (excludes halogenated alkanes) is 4. The first-order valence-electron chi connectivity index (χ1n) is 43.9. The predicted octanol–water partition coefficient (Wildman–Crippen LogP) is -11.3. The molecule has 1 aliphatic heterocycles. The van der Waals surface area contributed by atoms with E-state index in [1.54, 1.807) is 36.6 Å². The Morgan fingerprint density at radius 1 is 0.437 bits per heavy atom. The van der Waals surface area contributed by atoms with Gasteiger partial charge in [-0.3, -0.25) is 101 Å². The van der Waals surface area contributed by atoms with E-state index in [4.69, 9.17) is 28.7 Å². The quantitative estimate of drug-likeness (QED) is 0.0164. The molecule has 0 saturated carbocycles. The lowest BCUT2D eigenvalue weighted by Gasteiger charge is -2.32. The Kier molecular flexibility index (Phi) is 58.1. The molecule has 1 aliphatic rings.